The van der Waals surface area contributed by atoms with Crippen LogP contribution in [0.5, 0.6) is 0 Å². The molecule has 2 fully saturated rings. The van der Waals surface area contributed by atoms with Crippen LogP contribution in [-0.4, -0.2) is 23.1 Å². The van der Waals surface area contributed by atoms with Gasteiger partial charge in [-0.2, -0.15) is 11.8 Å². The van der Waals surface area contributed by atoms with Crippen LogP contribution in [0.3, 0.4) is 0 Å². The van der Waals surface area contributed by atoms with Gasteiger partial charge in [-0.1, -0.05) is 30.2 Å². The van der Waals surface area contributed by atoms with Gasteiger partial charge in [-0.25, -0.2) is 0 Å². The number of carbonyl (C=O) groups excluding carboxylic acids is 2. The lowest BCUT2D eigenvalue weighted by Crippen LogP contribution is -2.46. The zero-order valence-electron chi connectivity index (χ0n) is 15.9. The van der Waals surface area contributed by atoms with Crippen molar-refractivity contribution < 1.29 is 9.59 Å². The normalized spacial score (nSPS) is 38.8. The van der Waals surface area contributed by atoms with Crippen molar-refractivity contribution in [1.82, 2.24) is 0 Å². The predicted molar refractivity (Wildman–Crippen MR) is 108 cm³/mol. The van der Waals surface area contributed by atoms with Crippen LogP contribution in [-0.2, 0) is 9.59 Å². The highest BCUT2D eigenvalue weighted by atomic mass is 32.2. The summed E-state index contributed by atoms with van der Waals surface area (Å²) in [5, 5.41) is 0. The number of hydrogen-bond donors (Lipinski definition) is 0. The molecule has 3 heteroatoms. The number of fused-ring (bicyclic) bond motifs is 5. The molecule has 26 heavy (non-hydrogen) atoms. The zero-order valence-corrected chi connectivity index (χ0v) is 16.7. The fourth-order valence-electron chi connectivity index (χ4n) is 6.30. The summed E-state index contributed by atoms with van der Waals surface area (Å²) in [5.41, 5.74) is 2.96. The van der Waals surface area contributed by atoms with Gasteiger partial charge >= 0.3 is 0 Å². The Labute approximate surface area is 161 Å². The van der Waals surface area contributed by atoms with Gasteiger partial charge < -0.3 is 0 Å². The molecule has 2 unspecified atom stereocenters. The van der Waals surface area contributed by atoms with Crippen molar-refractivity contribution in [1.29, 1.82) is 0 Å². The van der Waals surface area contributed by atoms with Crippen LogP contribution in [0, 0.1) is 22.7 Å². The topological polar surface area (TPSA) is 34.1 Å². The largest absolute Gasteiger partial charge is 0.299 e. The van der Waals surface area contributed by atoms with Gasteiger partial charge in [-0.3, -0.25) is 9.59 Å². The van der Waals surface area contributed by atoms with E-state index >= 15 is 0 Å². The molecule has 2 nitrogen and oxygen atoms in total. The van der Waals surface area contributed by atoms with Gasteiger partial charge in [0, 0.05) is 29.4 Å². The van der Waals surface area contributed by atoms with E-state index in [1.54, 1.807) is 5.57 Å². The van der Waals surface area contributed by atoms with Gasteiger partial charge in [0.15, 0.2) is 5.78 Å². The second kappa shape index (κ2) is 6.82. The highest BCUT2D eigenvalue weighted by Gasteiger charge is 2.56. The molecule has 0 heterocycles. The Balaban J connectivity index is 1.70. The van der Waals surface area contributed by atoms with E-state index in [-0.39, 0.29) is 10.8 Å². The minimum Gasteiger partial charge on any atom is -0.299 e. The summed E-state index contributed by atoms with van der Waals surface area (Å²) in [4.78, 5) is 24.7. The summed E-state index contributed by atoms with van der Waals surface area (Å²) in [7, 11) is 0. The fraction of sp³-hybridized carbons (Fsp3) is 0.652. The van der Waals surface area contributed by atoms with Crippen LogP contribution < -0.4 is 0 Å². The molecule has 2 saturated carbocycles. The molecule has 4 aliphatic rings. The lowest BCUT2D eigenvalue weighted by molar-refractivity contribution is -0.127. The molecule has 4 aliphatic carbocycles. The number of hydrogen-bond acceptors (Lipinski definition) is 3. The maximum atomic E-state index is 12.6. The second-order valence-electron chi connectivity index (χ2n) is 8.83. The summed E-state index contributed by atoms with van der Waals surface area (Å²) in [6.45, 7) is 6.04. The Morgan fingerprint density at radius 1 is 1.27 bits per heavy atom. The first-order valence-electron chi connectivity index (χ1n) is 10.2. The molecule has 0 aromatic carbocycles. The highest BCUT2D eigenvalue weighted by molar-refractivity contribution is 7.99. The van der Waals surface area contributed by atoms with Crippen molar-refractivity contribution in [2.75, 3.05) is 11.5 Å². The third-order valence-corrected chi connectivity index (χ3v) is 8.67. The fourth-order valence-corrected chi connectivity index (χ4v) is 7.13. The molecule has 0 bridgehead atoms. The minimum absolute atomic E-state index is 0.0952. The number of Topliss-reactive ketones (excluding diaryl/α,β-unsaturated/α-hetero) is 1. The van der Waals surface area contributed by atoms with Gasteiger partial charge in [0.05, 0.1) is 0 Å². The molecule has 140 valence electrons. The lowest BCUT2D eigenvalue weighted by Gasteiger charge is -2.53. The Morgan fingerprint density at radius 3 is 2.92 bits per heavy atom. The Morgan fingerprint density at radius 2 is 2.12 bits per heavy atom. The third kappa shape index (κ3) is 2.69. The standard InChI is InChI=1S/C23H30O2S/c1-3-13-26-14-12-23-11-8-17(24)15-16(23)4-5-18-19-6-7-21(25)22(19,2)10-9-20(18)23/h3,9,15,18-19H,1,4-8,10-14H2,2H3/t18?,19?,22-,23+/m0/s1. The van der Waals surface area contributed by atoms with Gasteiger partial charge in [0.1, 0.15) is 5.78 Å². The molecule has 4 atom stereocenters. The van der Waals surface area contributed by atoms with Crippen LogP contribution in [0.4, 0.5) is 0 Å². The molecular weight excluding hydrogens is 340 g/mol. The summed E-state index contributed by atoms with van der Waals surface area (Å²) < 4.78 is 0. The zero-order chi connectivity index (χ0) is 18.4. The van der Waals surface area contributed by atoms with Crippen molar-refractivity contribution >= 4 is 23.3 Å². The van der Waals surface area contributed by atoms with E-state index < -0.39 is 0 Å². The maximum Gasteiger partial charge on any atom is 0.155 e. The van der Waals surface area contributed by atoms with Crippen molar-refractivity contribution in [2.45, 2.75) is 58.3 Å². The van der Waals surface area contributed by atoms with Crippen molar-refractivity contribution in [3.8, 4) is 0 Å². The summed E-state index contributed by atoms with van der Waals surface area (Å²) >= 11 is 1.95. The van der Waals surface area contributed by atoms with E-state index in [0.29, 0.717) is 29.8 Å². The number of allylic oxidation sites excluding steroid dienone is 4. The van der Waals surface area contributed by atoms with Crippen LogP contribution in [0.15, 0.2) is 36.0 Å². The van der Waals surface area contributed by atoms with Crippen LogP contribution >= 0.6 is 11.8 Å². The van der Waals surface area contributed by atoms with Crippen LogP contribution in [0.25, 0.3) is 0 Å². The van der Waals surface area contributed by atoms with Gasteiger partial charge in [0.25, 0.3) is 0 Å². The molecule has 0 spiro atoms. The monoisotopic (exact) mass is 370 g/mol. The third-order valence-electron chi connectivity index (χ3n) is 7.70. The highest BCUT2D eigenvalue weighted by Crippen LogP contribution is 2.63. The first-order chi connectivity index (χ1) is 12.5. The van der Waals surface area contributed by atoms with E-state index in [1.165, 1.54) is 5.57 Å². The second-order valence-corrected chi connectivity index (χ2v) is 9.98. The van der Waals surface area contributed by atoms with Crippen molar-refractivity contribution in [2.24, 2.45) is 22.7 Å². The molecule has 0 aliphatic heterocycles. The summed E-state index contributed by atoms with van der Waals surface area (Å²) in [6.07, 6.45) is 14.1. The molecule has 0 radical (unpaired) electrons. The summed E-state index contributed by atoms with van der Waals surface area (Å²) in [5.74, 6) is 3.97. The molecule has 0 amide bonds. The van der Waals surface area contributed by atoms with E-state index in [9.17, 15) is 9.59 Å². The minimum atomic E-state index is -0.126. The van der Waals surface area contributed by atoms with Gasteiger partial charge in [0.2, 0.25) is 0 Å². The summed E-state index contributed by atoms with van der Waals surface area (Å²) in [6, 6.07) is 0. The lowest BCUT2D eigenvalue weighted by atomic mass is 9.50. The van der Waals surface area contributed by atoms with Crippen molar-refractivity contribution in [3.05, 3.63) is 36.0 Å². The molecule has 4 rings (SSSR count). The Kier molecular flexibility index (Phi) is 4.79. The maximum absolute atomic E-state index is 12.6. The number of rotatable bonds is 5. The van der Waals surface area contributed by atoms with E-state index in [0.717, 1.165) is 56.5 Å². The van der Waals surface area contributed by atoms with Crippen molar-refractivity contribution in [3.63, 3.8) is 0 Å². The quantitative estimate of drug-likeness (QED) is 0.487. The van der Waals surface area contributed by atoms with Gasteiger partial charge in [-0.05, 0) is 62.2 Å². The van der Waals surface area contributed by atoms with Crippen LogP contribution in [0.1, 0.15) is 58.3 Å². The SMILES string of the molecule is C=CCSCC[C@]12CCC(=O)C=C1CCC1C2=CC[C@]2(C)C(=O)CCC12. The average molecular weight is 371 g/mol. The molecular formula is C23H30O2S. The average Bonchev–Trinajstić information content (AvgIpc) is 2.94. The van der Waals surface area contributed by atoms with E-state index in [2.05, 4.69) is 19.6 Å². The molecule has 0 N–H and O–H groups in total. The first-order valence-corrected chi connectivity index (χ1v) is 11.3. The first kappa shape index (κ1) is 18.3. The molecule has 0 aromatic rings. The van der Waals surface area contributed by atoms with Crippen LogP contribution in [0.2, 0.25) is 0 Å². The smallest absolute Gasteiger partial charge is 0.155 e. The number of carbonyl (C=O) groups is 2. The Hall–Kier alpha value is -1.09. The van der Waals surface area contributed by atoms with E-state index in [1.807, 2.05) is 23.9 Å². The van der Waals surface area contributed by atoms with Gasteiger partial charge in [-0.15, -0.1) is 6.58 Å². The molecule has 0 aromatic heterocycles. The number of ketones is 2. The predicted octanol–water partition coefficient (Wildman–Crippen LogP) is 5.30. The number of thioether (sulfide) groups is 1. The van der Waals surface area contributed by atoms with E-state index in [4.69, 9.17) is 0 Å². The molecule has 0 saturated heterocycles. The Bertz CT molecular complexity index is 703.